The van der Waals surface area contributed by atoms with Gasteiger partial charge in [-0.3, -0.25) is 9.69 Å². The highest BCUT2D eigenvalue weighted by Gasteiger charge is 2.29. The highest BCUT2D eigenvalue weighted by atomic mass is 19.1. The summed E-state index contributed by atoms with van der Waals surface area (Å²) in [5.74, 6) is 4.42. The molecule has 1 fully saturated rings. The molecule has 1 aliphatic heterocycles. The predicted octanol–water partition coefficient (Wildman–Crippen LogP) is 0.619. The Morgan fingerprint density at radius 3 is 3.00 bits per heavy atom. The van der Waals surface area contributed by atoms with Gasteiger partial charge in [-0.05, 0) is 31.5 Å². The SMILES string of the molecule is NC(=O)C1CCCN1Cc1ccc(C#CCO)cc1F. The second-order valence-electron chi connectivity index (χ2n) is 4.80. The lowest BCUT2D eigenvalue weighted by Gasteiger charge is -2.22. The van der Waals surface area contributed by atoms with Crippen molar-refractivity contribution >= 4 is 5.91 Å². The van der Waals surface area contributed by atoms with Crippen molar-refractivity contribution in [3.63, 3.8) is 0 Å². The van der Waals surface area contributed by atoms with Crippen molar-refractivity contribution in [3.8, 4) is 11.8 Å². The summed E-state index contributed by atoms with van der Waals surface area (Å²) < 4.78 is 14.0. The molecule has 1 saturated heterocycles. The van der Waals surface area contributed by atoms with E-state index in [2.05, 4.69) is 11.8 Å². The second kappa shape index (κ2) is 6.51. The molecule has 0 radical (unpaired) electrons. The third-order valence-corrected chi connectivity index (χ3v) is 3.43. The summed E-state index contributed by atoms with van der Waals surface area (Å²) in [7, 11) is 0. The summed E-state index contributed by atoms with van der Waals surface area (Å²) in [6.07, 6.45) is 1.63. The minimum atomic E-state index is -0.357. The zero-order valence-electron chi connectivity index (χ0n) is 11.1. The van der Waals surface area contributed by atoms with Gasteiger partial charge in [-0.25, -0.2) is 4.39 Å². The molecule has 0 aromatic heterocycles. The zero-order valence-corrected chi connectivity index (χ0v) is 11.1. The molecule has 20 heavy (non-hydrogen) atoms. The molecule has 3 N–H and O–H groups in total. The van der Waals surface area contributed by atoms with E-state index in [1.54, 1.807) is 12.1 Å². The van der Waals surface area contributed by atoms with Crippen molar-refractivity contribution in [3.05, 3.63) is 35.1 Å². The Kier molecular flexibility index (Phi) is 4.72. The molecule has 0 aliphatic carbocycles. The van der Waals surface area contributed by atoms with Crippen molar-refractivity contribution in [1.29, 1.82) is 0 Å². The Morgan fingerprint density at radius 1 is 1.55 bits per heavy atom. The minimum absolute atomic E-state index is 0.253. The number of halogens is 1. The summed E-state index contributed by atoms with van der Waals surface area (Å²) in [5, 5.41) is 8.60. The van der Waals surface area contributed by atoms with E-state index in [1.165, 1.54) is 6.07 Å². The number of carbonyl (C=O) groups is 1. The van der Waals surface area contributed by atoms with Crippen LogP contribution in [0.15, 0.2) is 18.2 Å². The summed E-state index contributed by atoms with van der Waals surface area (Å²) in [6, 6.07) is 4.40. The lowest BCUT2D eigenvalue weighted by Crippen LogP contribution is -2.39. The van der Waals surface area contributed by atoms with E-state index in [-0.39, 0.29) is 24.4 Å². The molecular weight excluding hydrogens is 259 g/mol. The van der Waals surface area contributed by atoms with Crippen molar-refractivity contribution < 1.29 is 14.3 Å². The van der Waals surface area contributed by atoms with Gasteiger partial charge in [0.15, 0.2) is 0 Å². The fourth-order valence-electron chi connectivity index (χ4n) is 2.45. The standard InChI is InChI=1S/C15H17FN2O2/c16-13-9-11(3-2-8-19)5-6-12(13)10-18-7-1-4-14(18)15(17)20/h5-6,9,14,19H,1,4,7-8,10H2,(H2,17,20). The monoisotopic (exact) mass is 276 g/mol. The quantitative estimate of drug-likeness (QED) is 0.795. The Hall–Kier alpha value is -1.90. The Morgan fingerprint density at radius 2 is 2.35 bits per heavy atom. The number of rotatable bonds is 3. The lowest BCUT2D eigenvalue weighted by atomic mass is 10.1. The molecule has 1 atom stereocenters. The lowest BCUT2D eigenvalue weighted by molar-refractivity contribution is -0.122. The molecule has 5 heteroatoms. The largest absolute Gasteiger partial charge is 0.384 e. The molecule has 1 amide bonds. The number of amides is 1. The summed E-state index contributed by atoms with van der Waals surface area (Å²) in [5.41, 5.74) is 6.39. The maximum atomic E-state index is 14.0. The number of nitrogens with two attached hydrogens (primary N) is 1. The smallest absolute Gasteiger partial charge is 0.234 e. The van der Waals surface area contributed by atoms with E-state index in [9.17, 15) is 9.18 Å². The van der Waals surface area contributed by atoms with Gasteiger partial charge in [-0.1, -0.05) is 17.9 Å². The van der Waals surface area contributed by atoms with E-state index in [1.807, 2.05) is 4.90 Å². The molecule has 0 bridgehead atoms. The summed E-state index contributed by atoms with van der Waals surface area (Å²) in [4.78, 5) is 13.2. The van der Waals surface area contributed by atoms with Crippen LogP contribution in [0.1, 0.15) is 24.0 Å². The van der Waals surface area contributed by atoms with Crippen LogP contribution < -0.4 is 5.73 Å². The van der Waals surface area contributed by atoms with E-state index >= 15 is 0 Å². The highest BCUT2D eigenvalue weighted by molar-refractivity contribution is 5.80. The zero-order chi connectivity index (χ0) is 14.5. The molecule has 1 aromatic carbocycles. The number of hydrogen-bond donors (Lipinski definition) is 2. The topological polar surface area (TPSA) is 66.6 Å². The first-order valence-corrected chi connectivity index (χ1v) is 6.53. The highest BCUT2D eigenvalue weighted by Crippen LogP contribution is 2.21. The van der Waals surface area contributed by atoms with Crippen LogP contribution in [-0.2, 0) is 11.3 Å². The fraction of sp³-hybridized carbons (Fsp3) is 0.400. The summed E-state index contributed by atoms with van der Waals surface area (Å²) >= 11 is 0. The van der Waals surface area contributed by atoms with Gasteiger partial charge in [0.1, 0.15) is 12.4 Å². The van der Waals surface area contributed by atoms with Crippen LogP contribution in [0.5, 0.6) is 0 Å². The van der Waals surface area contributed by atoms with Gasteiger partial charge in [-0.15, -0.1) is 0 Å². The molecule has 1 aromatic rings. The molecule has 2 rings (SSSR count). The van der Waals surface area contributed by atoms with Gasteiger partial charge in [0.25, 0.3) is 0 Å². The van der Waals surface area contributed by atoms with Crippen LogP contribution in [0.2, 0.25) is 0 Å². The number of likely N-dealkylation sites (tertiary alicyclic amines) is 1. The molecular formula is C15H17FN2O2. The predicted molar refractivity (Wildman–Crippen MR) is 73.0 cm³/mol. The molecule has 4 nitrogen and oxygen atoms in total. The third kappa shape index (κ3) is 3.35. The molecule has 1 heterocycles. The fourth-order valence-corrected chi connectivity index (χ4v) is 2.45. The van der Waals surface area contributed by atoms with E-state index < -0.39 is 0 Å². The first kappa shape index (κ1) is 14.5. The van der Waals surface area contributed by atoms with Crippen molar-refractivity contribution in [1.82, 2.24) is 4.90 Å². The van der Waals surface area contributed by atoms with Crippen LogP contribution in [0.25, 0.3) is 0 Å². The second-order valence-corrected chi connectivity index (χ2v) is 4.80. The summed E-state index contributed by atoms with van der Waals surface area (Å²) in [6.45, 7) is 0.865. The number of hydrogen-bond acceptors (Lipinski definition) is 3. The third-order valence-electron chi connectivity index (χ3n) is 3.43. The van der Waals surface area contributed by atoms with Crippen LogP contribution in [0, 0.1) is 17.7 Å². The normalized spacial score (nSPS) is 18.6. The first-order valence-electron chi connectivity index (χ1n) is 6.53. The number of primary amides is 1. The van der Waals surface area contributed by atoms with Gasteiger partial charge < -0.3 is 10.8 Å². The first-order chi connectivity index (χ1) is 9.61. The molecule has 106 valence electrons. The van der Waals surface area contributed by atoms with Crippen LogP contribution >= 0.6 is 0 Å². The number of benzene rings is 1. The Labute approximate surface area is 117 Å². The molecule has 1 aliphatic rings. The van der Waals surface area contributed by atoms with E-state index in [4.69, 9.17) is 10.8 Å². The molecule has 0 spiro atoms. The van der Waals surface area contributed by atoms with Gasteiger partial charge in [-0.2, -0.15) is 0 Å². The number of nitrogens with zero attached hydrogens (tertiary/aromatic N) is 1. The number of carbonyl (C=O) groups excluding carboxylic acids is 1. The van der Waals surface area contributed by atoms with Crippen LogP contribution in [0.3, 0.4) is 0 Å². The average Bonchev–Trinajstić information content (AvgIpc) is 2.87. The van der Waals surface area contributed by atoms with Gasteiger partial charge >= 0.3 is 0 Å². The average molecular weight is 276 g/mol. The Balaban J connectivity index is 2.12. The van der Waals surface area contributed by atoms with Crippen LogP contribution in [0.4, 0.5) is 4.39 Å². The minimum Gasteiger partial charge on any atom is -0.384 e. The number of aliphatic hydroxyl groups excluding tert-OH is 1. The molecule has 0 saturated carbocycles. The Bertz CT molecular complexity index is 563. The van der Waals surface area contributed by atoms with Crippen molar-refractivity contribution in [2.45, 2.75) is 25.4 Å². The maximum Gasteiger partial charge on any atom is 0.234 e. The maximum absolute atomic E-state index is 14.0. The van der Waals surface area contributed by atoms with Gasteiger partial charge in [0, 0.05) is 17.7 Å². The van der Waals surface area contributed by atoms with Gasteiger partial charge in [0.2, 0.25) is 5.91 Å². The van der Waals surface area contributed by atoms with Gasteiger partial charge in [0.05, 0.1) is 6.04 Å². The van der Waals surface area contributed by atoms with Crippen molar-refractivity contribution in [2.75, 3.05) is 13.2 Å². The van der Waals surface area contributed by atoms with Crippen LogP contribution in [-0.4, -0.2) is 35.1 Å². The number of aliphatic hydroxyl groups is 1. The van der Waals surface area contributed by atoms with E-state index in [0.717, 1.165) is 19.4 Å². The molecule has 1 unspecified atom stereocenters. The van der Waals surface area contributed by atoms with Crippen molar-refractivity contribution in [2.24, 2.45) is 5.73 Å². The van der Waals surface area contributed by atoms with E-state index in [0.29, 0.717) is 17.7 Å².